The van der Waals surface area contributed by atoms with Crippen molar-refractivity contribution in [1.29, 1.82) is 0 Å². The Morgan fingerprint density at radius 1 is 0.939 bits per heavy atom. The third-order valence-corrected chi connectivity index (χ3v) is 4.75. The van der Waals surface area contributed by atoms with E-state index in [0.717, 1.165) is 16.8 Å². The number of aryl methyl sites for hydroxylation is 1. The van der Waals surface area contributed by atoms with Crippen LogP contribution in [0, 0.1) is 6.92 Å². The molecule has 0 fully saturated rings. The number of methoxy groups -OCH3 is 1. The Hall–Kier alpha value is -4.27. The van der Waals surface area contributed by atoms with Gasteiger partial charge in [0.05, 0.1) is 13.7 Å². The number of benzene rings is 1. The first-order chi connectivity index (χ1) is 16.1. The zero-order chi connectivity index (χ0) is 23.0. The van der Waals surface area contributed by atoms with Crippen LogP contribution < -0.4 is 19.8 Å². The van der Waals surface area contributed by atoms with E-state index in [2.05, 4.69) is 24.9 Å². The van der Waals surface area contributed by atoms with E-state index in [1.54, 1.807) is 12.4 Å². The van der Waals surface area contributed by atoms with Gasteiger partial charge < -0.3 is 14.2 Å². The van der Waals surface area contributed by atoms with E-state index in [1.807, 2.05) is 49.4 Å². The summed E-state index contributed by atoms with van der Waals surface area (Å²) < 4.78 is 16.3. The second-order valence-corrected chi connectivity index (χ2v) is 7.26. The van der Waals surface area contributed by atoms with Crippen LogP contribution in [-0.4, -0.2) is 38.6 Å². The Bertz CT molecular complexity index is 1260. The normalized spacial score (nSPS) is 10.6. The number of hydrogen-bond acceptors (Lipinski definition) is 8. The maximum Gasteiger partial charge on any atom is 0.316 e. The molecule has 0 saturated carbocycles. The summed E-state index contributed by atoms with van der Waals surface area (Å²) in [6, 6.07) is 13.8. The van der Waals surface area contributed by atoms with Crippen molar-refractivity contribution in [3.63, 3.8) is 0 Å². The molecule has 33 heavy (non-hydrogen) atoms. The molecule has 0 bridgehead atoms. The fourth-order valence-corrected chi connectivity index (χ4v) is 3.05. The Kier molecular flexibility index (Phi) is 6.89. The van der Waals surface area contributed by atoms with E-state index < -0.39 is 0 Å². The van der Waals surface area contributed by atoms with Gasteiger partial charge in [-0.2, -0.15) is 0 Å². The van der Waals surface area contributed by atoms with Gasteiger partial charge in [0.2, 0.25) is 5.88 Å². The molecule has 0 radical (unpaired) electrons. The molecule has 0 aliphatic rings. The second-order valence-electron chi connectivity index (χ2n) is 7.26. The Balaban J connectivity index is 1.28. The summed E-state index contributed by atoms with van der Waals surface area (Å²) >= 11 is 0. The number of ether oxygens (including phenoxy) is 3. The van der Waals surface area contributed by atoms with E-state index in [-0.39, 0.29) is 17.6 Å². The van der Waals surface area contributed by atoms with Gasteiger partial charge in [-0.05, 0) is 36.2 Å². The number of rotatable bonds is 9. The lowest BCUT2D eigenvalue weighted by Crippen LogP contribution is -2.16. The molecule has 0 aliphatic carbocycles. The molecule has 4 rings (SSSR count). The van der Waals surface area contributed by atoms with Gasteiger partial charge in [0.15, 0.2) is 0 Å². The first-order valence-electron chi connectivity index (χ1n) is 10.4. The van der Waals surface area contributed by atoms with E-state index in [9.17, 15) is 4.79 Å². The molecule has 0 atom stereocenters. The van der Waals surface area contributed by atoms with Crippen LogP contribution in [0.3, 0.4) is 0 Å². The van der Waals surface area contributed by atoms with Crippen LogP contribution in [0.4, 0.5) is 0 Å². The topological polar surface area (TPSA) is 112 Å². The molecule has 0 unspecified atom stereocenters. The Labute approximate surface area is 190 Å². The smallest absolute Gasteiger partial charge is 0.316 e. The summed E-state index contributed by atoms with van der Waals surface area (Å²) in [5, 5.41) is 0. The molecule has 9 nitrogen and oxygen atoms in total. The van der Waals surface area contributed by atoms with Crippen molar-refractivity contribution in [2.45, 2.75) is 19.8 Å². The number of H-pyrrole nitrogens is 1. The zero-order valence-corrected chi connectivity index (χ0v) is 18.3. The Morgan fingerprint density at radius 3 is 2.42 bits per heavy atom. The first kappa shape index (κ1) is 21.9. The third kappa shape index (κ3) is 6.13. The minimum atomic E-state index is -0.262. The van der Waals surface area contributed by atoms with E-state index in [1.165, 1.54) is 13.3 Å². The van der Waals surface area contributed by atoms with Gasteiger partial charge in [0.25, 0.3) is 11.6 Å². The minimum absolute atomic E-state index is 0.181. The van der Waals surface area contributed by atoms with Gasteiger partial charge >= 0.3 is 6.01 Å². The van der Waals surface area contributed by atoms with Crippen molar-refractivity contribution in [3.05, 3.63) is 93.8 Å². The predicted molar refractivity (Wildman–Crippen MR) is 121 cm³/mol. The summed E-state index contributed by atoms with van der Waals surface area (Å²) in [4.78, 5) is 31.6. The van der Waals surface area contributed by atoms with Crippen molar-refractivity contribution in [2.24, 2.45) is 0 Å². The standard InChI is InChI=1S/C24H23N5O4/c1-16-4-3-5-21(28-16)33-20-8-6-17(7-9-20)10-11-32-24-27-15-19(22(30)29-24)12-18-13-25-23(31-2)26-14-18/h3-9,13-15H,10-12H2,1-2H3,(H,27,29,30). The van der Waals surface area contributed by atoms with Crippen molar-refractivity contribution in [1.82, 2.24) is 24.9 Å². The molecule has 0 aliphatic heterocycles. The quantitative estimate of drug-likeness (QED) is 0.418. The third-order valence-electron chi connectivity index (χ3n) is 4.75. The molecular weight excluding hydrogens is 422 g/mol. The Morgan fingerprint density at radius 2 is 1.73 bits per heavy atom. The molecule has 1 N–H and O–H groups in total. The lowest BCUT2D eigenvalue weighted by atomic mass is 10.1. The van der Waals surface area contributed by atoms with Crippen LogP contribution in [0.2, 0.25) is 0 Å². The number of nitrogens with zero attached hydrogens (tertiary/aromatic N) is 4. The number of nitrogens with one attached hydrogen (secondary N) is 1. The van der Waals surface area contributed by atoms with Gasteiger partial charge in [-0.3, -0.25) is 9.78 Å². The summed E-state index contributed by atoms with van der Waals surface area (Å²) in [6.45, 7) is 2.29. The highest BCUT2D eigenvalue weighted by molar-refractivity contribution is 5.31. The molecule has 0 amide bonds. The number of hydrogen-bond donors (Lipinski definition) is 1. The van der Waals surface area contributed by atoms with Gasteiger partial charge in [-0.25, -0.2) is 19.9 Å². The molecule has 9 heteroatoms. The number of pyridine rings is 1. The van der Waals surface area contributed by atoms with Gasteiger partial charge in [0, 0.05) is 48.8 Å². The van der Waals surface area contributed by atoms with Crippen LogP contribution in [0.5, 0.6) is 23.7 Å². The van der Waals surface area contributed by atoms with Crippen molar-refractivity contribution in [3.8, 4) is 23.7 Å². The van der Waals surface area contributed by atoms with E-state index in [0.29, 0.717) is 36.6 Å². The fourth-order valence-electron chi connectivity index (χ4n) is 3.05. The van der Waals surface area contributed by atoms with Crippen LogP contribution in [-0.2, 0) is 12.8 Å². The minimum Gasteiger partial charge on any atom is -0.467 e. The summed E-state index contributed by atoms with van der Waals surface area (Å²) in [5.41, 5.74) is 2.98. The summed E-state index contributed by atoms with van der Waals surface area (Å²) in [6.07, 6.45) is 5.74. The maximum atomic E-state index is 12.3. The molecule has 0 spiro atoms. The zero-order valence-electron chi connectivity index (χ0n) is 18.3. The number of aromatic amines is 1. The monoisotopic (exact) mass is 445 g/mol. The van der Waals surface area contributed by atoms with Crippen LogP contribution >= 0.6 is 0 Å². The first-order valence-corrected chi connectivity index (χ1v) is 10.4. The molecule has 3 heterocycles. The average molecular weight is 445 g/mol. The van der Waals surface area contributed by atoms with Gasteiger partial charge in [0.1, 0.15) is 5.75 Å². The van der Waals surface area contributed by atoms with E-state index >= 15 is 0 Å². The molecule has 4 aromatic rings. The molecule has 1 aromatic carbocycles. The molecular formula is C24H23N5O4. The predicted octanol–water partition coefficient (Wildman–Crippen LogP) is 3.28. The highest BCUT2D eigenvalue weighted by atomic mass is 16.5. The van der Waals surface area contributed by atoms with Crippen LogP contribution in [0.15, 0.2) is 65.8 Å². The van der Waals surface area contributed by atoms with Crippen LogP contribution in [0.1, 0.15) is 22.4 Å². The summed E-state index contributed by atoms with van der Waals surface area (Å²) in [5.74, 6) is 1.27. The SMILES string of the molecule is COc1ncc(Cc2cnc(OCCc3ccc(Oc4cccc(C)n4)cc3)[nH]c2=O)cn1. The highest BCUT2D eigenvalue weighted by Crippen LogP contribution is 2.20. The van der Waals surface area contributed by atoms with Crippen molar-refractivity contribution >= 4 is 0 Å². The van der Waals surface area contributed by atoms with E-state index in [4.69, 9.17) is 14.2 Å². The van der Waals surface area contributed by atoms with Crippen molar-refractivity contribution < 1.29 is 14.2 Å². The fraction of sp³-hybridized carbons (Fsp3) is 0.208. The van der Waals surface area contributed by atoms with Crippen LogP contribution in [0.25, 0.3) is 0 Å². The lowest BCUT2D eigenvalue weighted by molar-refractivity contribution is 0.295. The second kappa shape index (κ2) is 10.4. The molecule has 3 aromatic heterocycles. The number of aromatic nitrogens is 5. The molecule has 168 valence electrons. The average Bonchev–Trinajstić information content (AvgIpc) is 2.82. The highest BCUT2D eigenvalue weighted by Gasteiger charge is 2.07. The lowest BCUT2D eigenvalue weighted by Gasteiger charge is -2.08. The van der Waals surface area contributed by atoms with Gasteiger partial charge in [-0.1, -0.05) is 18.2 Å². The van der Waals surface area contributed by atoms with Crippen molar-refractivity contribution in [2.75, 3.05) is 13.7 Å². The molecule has 0 saturated heterocycles. The van der Waals surface area contributed by atoms with Gasteiger partial charge in [-0.15, -0.1) is 0 Å². The summed E-state index contributed by atoms with van der Waals surface area (Å²) in [7, 11) is 1.50. The largest absolute Gasteiger partial charge is 0.467 e. The maximum absolute atomic E-state index is 12.3.